The molecule has 0 saturated heterocycles. The molecule has 0 bridgehead atoms. The molecule has 6 nitrogen and oxygen atoms in total. The van der Waals surface area contributed by atoms with Crippen molar-refractivity contribution in [2.24, 2.45) is 0 Å². The largest absolute Gasteiger partial charge is 0.481 e. The number of thiophene rings is 1. The number of aliphatic carboxylic acids is 1. The molecule has 0 saturated carbocycles. The zero-order chi connectivity index (χ0) is 15.5. The highest BCUT2D eigenvalue weighted by atomic mass is 32.1. The molecule has 2 N–H and O–H groups in total. The van der Waals surface area contributed by atoms with E-state index in [2.05, 4.69) is 10.3 Å². The number of aliphatic hydroxyl groups is 1. The molecule has 0 atom stereocenters. The molecule has 3 rings (SSSR count). The van der Waals surface area contributed by atoms with Crippen LogP contribution in [0.1, 0.15) is 11.3 Å². The minimum atomic E-state index is -0.865. The summed E-state index contributed by atoms with van der Waals surface area (Å²) in [4.78, 5) is 11.7. The Bertz CT molecular complexity index is 779. The lowest BCUT2D eigenvalue weighted by Gasteiger charge is -2.07. The quantitative estimate of drug-likeness (QED) is 0.753. The van der Waals surface area contributed by atoms with Gasteiger partial charge in [-0.3, -0.25) is 4.79 Å². The lowest BCUT2D eigenvalue weighted by atomic mass is 10.1. The van der Waals surface area contributed by atoms with Gasteiger partial charge in [0, 0.05) is 0 Å². The Morgan fingerprint density at radius 3 is 2.59 bits per heavy atom. The van der Waals surface area contributed by atoms with Crippen molar-refractivity contribution in [3.63, 3.8) is 0 Å². The van der Waals surface area contributed by atoms with Crippen LogP contribution in [0.2, 0.25) is 0 Å². The Hall–Kier alpha value is -2.51. The number of hydrogen-bond donors (Lipinski definition) is 2. The van der Waals surface area contributed by atoms with Gasteiger partial charge in [0.2, 0.25) is 0 Å². The molecule has 0 aliphatic carbocycles. The first-order chi connectivity index (χ1) is 10.7. The lowest BCUT2D eigenvalue weighted by molar-refractivity contribution is -0.136. The Labute approximate surface area is 130 Å². The number of aliphatic hydroxyl groups excluding tert-OH is 1. The van der Waals surface area contributed by atoms with Crippen molar-refractivity contribution < 1.29 is 15.0 Å². The van der Waals surface area contributed by atoms with E-state index in [-0.39, 0.29) is 13.0 Å². The third-order valence-corrected chi connectivity index (χ3v) is 4.06. The summed E-state index contributed by atoms with van der Waals surface area (Å²) in [7, 11) is 0. The standard InChI is InChI=1S/C15H13N3O3S/c19-9-12-15(13-2-1-7-22-13)18(17-16-12)11-5-3-10(4-6-11)8-14(20)21/h1-7,19H,8-9H2,(H,20,21). The van der Waals surface area contributed by atoms with Gasteiger partial charge in [-0.15, -0.1) is 16.4 Å². The maximum atomic E-state index is 10.7. The molecule has 0 aliphatic heterocycles. The van der Waals surface area contributed by atoms with Crippen LogP contribution in [0.3, 0.4) is 0 Å². The molecule has 0 spiro atoms. The van der Waals surface area contributed by atoms with Gasteiger partial charge in [0.15, 0.2) is 0 Å². The fourth-order valence-corrected chi connectivity index (χ4v) is 2.97. The minimum Gasteiger partial charge on any atom is -0.481 e. The second kappa shape index (κ2) is 6.08. The third kappa shape index (κ3) is 2.76. The zero-order valence-electron chi connectivity index (χ0n) is 11.5. The van der Waals surface area contributed by atoms with E-state index in [1.807, 2.05) is 17.5 Å². The van der Waals surface area contributed by atoms with Crippen LogP contribution in [0.5, 0.6) is 0 Å². The first-order valence-corrected chi connectivity index (χ1v) is 7.47. The number of rotatable bonds is 5. The molecule has 3 aromatic rings. The van der Waals surface area contributed by atoms with Crippen molar-refractivity contribution in [3.8, 4) is 16.3 Å². The van der Waals surface area contributed by atoms with Crippen molar-refractivity contribution in [1.29, 1.82) is 0 Å². The van der Waals surface area contributed by atoms with E-state index >= 15 is 0 Å². The summed E-state index contributed by atoms with van der Waals surface area (Å²) in [5.41, 5.74) is 2.75. The molecule has 1 aromatic carbocycles. The van der Waals surface area contributed by atoms with Crippen molar-refractivity contribution >= 4 is 17.3 Å². The highest BCUT2D eigenvalue weighted by molar-refractivity contribution is 7.13. The third-order valence-electron chi connectivity index (χ3n) is 3.18. The van der Waals surface area contributed by atoms with Gasteiger partial charge in [-0.1, -0.05) is 23.4 Å². The van der Waals surface area contributed by atoms with Gasteiger partial charge in [0.25, 0.3) is 0 Å². The molecule has 112 valence electrons. The predicted molar refractivity (Wildman–Crippen MR) is 81.9 cm³/mol. The number of carbonyl (C=O) groups is 1. The minimum absolute atomic E-state index is 0.0166. The van der Waals surface area contributed by atoms with Gasteiger partial charge in [0.1, 0.15) is 11.4 Å². The first-order valence-electron chi connectivity index (χ1n) is 6.59. The van der Waals surface area contributed by atoms with Crippen molar-refractivity contribution in [2.75, 3.05) is 0 Å². The molecule has 22 heavy (non-hydrogen) atoms. The second-order valence-electron chi connectivity index (χ2n) is 4.67. The first kappa shape index (κ1) is 14.4. The monoisotopic (exact) mass is 315 g/mol. The maximum absolute atomic E-state index is 10.7. The van der Waals surface area contributed by atoms with E-state index < -0.39 is 5.97 Å². The smallest absolute Gasteiger partial charge is 0.307 e. The summed E-state index contributed by atoms with van der Waals surface area (Å²) >= 11 is 1.54. The normalized spacial score (nSPS) is 10.8. The van der Waals surface area contributed by atoms with E-state index in [9.17, 15) is 9.90 Å². The average Bonchev–Trinajstić information content (AvgIpc) is 3.16. The van der Waals surface area contributed by atoms with E-state index in [0.717, 1.165) is 21.8 Å². The van der Waals surface area contributed by atoms with E-state index in [0.29, 0.717) is 5.69 Å². The number of aromatic nitrogens is 3. The number of nitrogens with zero attached hydrogens (tertiary/aromatic N) is 3. The van der Waals surface area contributed by atoms with Gasteiger partial charge < -0.3 is 10.2 Å². The van der Waals surface area contributed by atoms with Gasteiger partial charge >= 0.3 is 5.97 Å². The summed E-state index contributed by atoms with van der Waals surface area (Å²) in [6, 6.07) is 11.0. The molecule has 2 heterocycles. The molecule has 2 aromatic heterocycles. The number of benzene rings is 1. The van der Waals surface area contributed by atoms with E-state index in [1.165, 1.54) is 0 Å². The van der Waals surface area contributed by atoms with Crippen LogP contribution in [0.25, 0.3) is 16.3 Å². The summed E-state index contributed by atoms with van der Waals surface area (Å²) < 4.78 is 1.65. The molecule has 0 radical (unpaired) electrons. The van der Waals surface area contributed by atoms with Gasteiger partial charge in [0.05, 0.1) is 23.6 Å². The lowest BCUT2D eigenvalue weighted by Crippen LogP contribution is -2.02. The van der Waals surface area contributed by atoms with Crippen LogP contribution >= 0.6 is 11.3 Å². The topological polar surface area (TPSA) is 88.2 Å². The SMILES string of the molecule is O=C(O)Cc1ccc(-n2nnc(CO)c2-c2cccs2)cc1. The highest BCUT2D eigenvalue weighted by Gasteiger charge is 2.16. The second-order valence-corrected chi connectivity index (χ2v) is 5.62. The average molecular weight is 315 g/mol. The van der Waals surface area contributed by atoms with Crippen LogP contribution in [0, 0.1) is 0 Å². The Morgan fingerprint density at radius 2 is 2.00 bits per heavy atom. The predicted octanol–water partition coefficient (Wildman–Crippen LogP) is 2.12. The Balaban J connectivity index is 2.02. The van der Waals surface area contributed by atoms with E-state index in [1.54, 1.807) is 40.3 Å². The molecular weight excluding hydrogens is 302 g/mol. The Kier molecular flexibility index (Phi) is 3.99. The van der Waals surface area contributed by atoms with E-state index in [4.69, 9.17) is 5.11 Å². The van der Waals surface area contributed by atoms with Crippen LogP contribution in [-0.4, -0.2) is 31.2 Å². The van der Waals surface area contributed by atoms with Gasteiger partial charge in [-0.05, 0) is 29.1 Å². The number of carboxylic acid groups (broad SMARTS) is 1. The van der Waals surface area contributed by atoms with Gasteiger partial charge in [-0.2, -0.15) is 0 Å². The summed E-state index contributed by atoms with van der Waals surface area (Å²) in [5, 5.41) is 28.3. The summed E-state index contributed by atoms with van der Waals surface area (Å²) in [5.74, 6) is -0.865. The highest BCUT2D eigenvalue weighted by Crippen LogP contribution is 2.29. The van der Waals surface area contributed by atoms with Crippen LogP contribution < -0.4 is 0 Å². The fourth-order valence-electron chi connectivity index (χ4n) is 2.19. The molecule has 0 unspecified atom stereocenters. The summed E-state index contributed by atoms with van der Waals surface area (Å²) in [6.07, 6.45) is -0.0166. The van der Waals surface area contributed by atoms with Crippen molar-refractivity contribution in [2.45, 2.75) is 13.0 Å². The van der Waals surface area contributed by atoms with Crippen LogP contribution in [0.15, 0.2) is 41.8 Å². The number of hydrogen-bond acceptors (Lipinski definition) is 5. The fraction of sp³-hybridized carbons (Fsp3) is 0.133. The molecule has 7 heteroatoms. The van der Waals surface area contributed by atoms with Crippen molar-refractivity contribution in [3.05, 3.63) is 53.0 Å². The molecule has 0 aliphatic rings. The van der Waals surface area contributed by atoms with Crippen LogP contribution in [-0.2, 0) is 17.8 Å². The van der Waals surface area contributed by atoms with Crippen LogP contribution in [0.4, 0.5) is 0 Å². The Morgan fingerprint density at radius 1 is 1.23 bits per heavy atom. The van der Waals surface area contributed by atoms with Gasteiger partial charge in [-0.25, -0.2) is 4.68 Å². The zero-order valence-corrected chi connectivity index (χ0v) is 12.3. The van der Waals surface area contributed by atoms with Crippen molar-refractivity contribution in [1.82, 2.24) is 15.0 Å². The summed E-state index contributed by atoms with van der Waals surface area (Å²) in [6.45, 7) is -0.190. The molecular formula is C15H13N3O3S. The molecule has 0 fully saturated rings. The molecule has 0 amide bonds. The number of carboxylic acids is 1. The maximum Gasteiger partial charge on any atom is 0.307 e.